The first-order valence-corrected chi connectivity index (χ1v) is 17.4. The first-order chi connectivity index (χ1) is 20.3. The van der Waals surface area contributed by atoms with Gasteiger partial charge in [-0.2, -0.15) is 0 Å². The van der Waals surface area contributed by atoms with Crippen LogP contribution >= 0.6 is 10.8 Å². The van der Waals surface area contributed by atoms with Crippen molar-refractivity contribution in [3.8, 4) is 0 Å². The van der Waals surface area contributed by atoms with Crippen LogP contribution < -0.4 is 14.9 Å². The summed E-state index contributed by atoms with van der Waals surface area (Å²) in [5, 5.41) is 19.1. The number of carbonyl (C=O) groups excluding carboxylic acids is 1. The second-order valence-corrected chi connectivity index (χ2v) is 15.3. The maximum Gasteiger partial charge on any atom is 0.251 e. The Kier molecular flexibility index (Phi) is 10.9. The van der Waals surface area contributed by atoms with Gasteiger partial charge >= 0.3 is 0 Å². The third-order valence-corrected chi connectivity index (χ3v) is 10.6. The monoisotopic (exact) mass is 612 g/mol. The number of rotatable bonds is 14. The summed E-state index contributed by atoms with van der Waals surface area (Å²) < 4.78 is 25.4. The Morgan fingerprint density at radius 1 is 1.14 bits per heavy atom. The predicted molar refractivity (Wildman–Crippen MR) is 180 cm³/mol. The molecule has 8 nitrogen and oxygen atoms in total. The van der Waals surface area contributed by atoms with E-state index >= 15 is 0 Å². The summed E-state index contributed by atoms with van der Waals surface area (Å²) in [6, 6.07) is 13.1. The number of nitrogens with one attached hydrogen (secondary N) is 2. The molecule has 1 aliphatic rings. The number of hydrogen-bond donors (Lipinski definition) is 5. The van der Waals surface area contributed by atoms with Crippen molar-refractivity contribution in [3.05, 3.63) is 65.4 Å². The number of hydrogen-bond acceptors (Lipinski definition) is 6. The van der Waals surface area contributed by atoms with Crippen molar-refractivity contribution in [3.63, 3.8) is 0 Å². The first-order valence-electron chi connectivity index (χ1n) is 15.7. The van der Waals surface area contributed by atoms with E-state index in [9.17, 15) is 19.0 Å². The number of β-amino-alcohol motifs (C(OH)–C–C–N with tert-alkyl or cyclic N) is 1. The van der Waals surface area contributed by atoms with Crippen LogP contribution in [0.4, 0.5) is 5.69 Å². The van der Waals surface area contributed by atoms with Gasteiger partial charge in [0.1, 0.15) is 0 Å². The second-order valence-electron chi connectivity index (χ2n) is 13.2. The molecule has 1 saturated heterocycles. The molecular weight excluding hydrogens is 560 g/mol. The molecule has 1 aromatic heterocycles. The van der Waals surface area contributed by atoms with Gasteiger partial charge in [0.25, 0.3) is 5.91 Å². The standard InChI is InChI=1S/C34H52N4O4S/c1-7-26-23-37(6)32-28(26)20-27(21-30(32)38-17-12-18-43(38,41)42)33(40)36-29(19-25-14-9-8-10-15-25)31(39)22-35-34(4,5)16-11-13-24(2)3/h8-10,14-15,20-21,23-24,29,31,35,39,41-42H,7,11-13,16-19,22H2,1-6H3,(H,36,40)/t29-,31+/m0/s1. The number of benzene rings is 2. The predicted octanol–water partition coefficient (Wildman–Crippen LogP) is 6.51. The van der Waals surface area contributed by atoms with Crippen LogP contribution in [0.1, 0.15) is 81.8 Å². The zero-order chi connectivity index (χ0) is 31.4. The maximum absolute atomic E-state index is 13.9. The number of nitrogens with zero attached hydrogens (tertiary/aromatic N) is 2. The van der Waals surface area contributed by atoms with Gasteiger partial charge in [-0.3, -0.25) is 18.2 Å². The molecule has 0 aliphatic carbocycles. The van der Waals surface area contributed by atoms with Crippen molar-refractivity contribution >= 4 is 33.3 Å². The van der Waals surface area contributed by atoms with Crippen LogP contribution in [0.25, 0.3) is 10.9 Å². The maximum atomic E-state index is 13.9. The molecule has 1 fully saturated rings. The van der Waals surface area contributed by atoms with Crippen molar-refractivity contribution in [1.29, 1.82) is 0 Å². The minimum Gasteiger partial charge on any atom is -0.390 e. The Morgan fingerprint density at radius 2 is 1.86 bits per heavy atom. The van der Waals surface area contributed by atoms with Gasteiger partial charge < -0.3 is 20.3 Å². The molecule has 2 heterocycles. The lowest BCUT2D eigenvalue weighted by Crippen LogP contribution is -2.52. The summed E-state index contributed by atoms with van der Waals surface area (Å²) in [7, 11) is -1.00. The van der Waals surface area contributed by atoms with E-state index in [1.165, 1.54) is 6.42 Å². The Balaban J connectivity index is 1.61. The Morgan fingerprint density at radius 3 is 2.49 bits per heavy atom. The van der Waals surface area contributed by atoms with Crippen LogP contribution in [0.5, 0.6) is 0 Å². The fourth-order valence-electron chi connectivity index (χ4n) is 6.11. The average molecular weight is 613 g/mol. The van der Waals surface area contributed by atoms with E-state index in [0.29, 0.717) is 48.9 Å². The number of fused-ring (bicyclic) bond motifs is 1. The number of amides is 1. The van der Waals surface area contributed by atoms with Crippen molar-refractivity contribution in [2.45, 2.75) is 90.8 Å². The summed E-state index contributed by atoms with van der Waals surface area (Å²) >= 11 is 0. The number of aromatic nitrogens is 1. The average Bonchev–Trinajstić information content (AvgIpc) is 3.48. The Hall–Kier alpha value is -2.56. The molecule has 0 radical (unpaired) electrons. The highest BCUT2D eigenvalue weighted by Crippen LogP contribution is 2.53. The van der Waals surface area contributed by atoms with Crippen LogP contribution in [0.2, 0.25) is 0 Å². The normalized spacial score (nSPS) is 17.4. The van der Waals surface area contributed by atoms with Crippen LogP contribution in [0.3, 0.4) is 0 Å². The van der Waals surface area contributed by atoms with Gasteiger partial charge in [-0.25, -0.2) is 0 Å². The minimum absolute atomic E-state index is 0.139. The number of aryl methyl sites for hydroxylation is 2. The van der Waals surface area contributed by atoms with E-state index in [1.807, 2.05) is 54.2 Å². The molecule has 43 heavy (non-hydrogen) atoms. The fraction of sp³-hybridized carbons (Fsp3) is 0.559. The highest BCUT2D eigenvalue weighted by Gasteiger charge is 2.33. The van der Waals surface area contributed by atoms with Crippen molar-refractivity contribution in [1.82, 2.24) is 15.2 Å². The third kappa shape index (κ3) is 8.34. The van der Waals surface area contributed by atoms with E-state index in [1.54, 1.807) is 10.4 Å². The lowest BCUT2D eigenvalue weighted by Gasteiger charge is -2.38. The quantitative estimate of drug-likeness (QED) is 0.142. The highest BCUT2D eigenvalue weighted by atomic mass is 32.3. The van der Waals surface area contributed by atoms with Gasteiger partial charge in [-0.15, -0.1) is 10.8 Å². The molecule has 0 saturated carbocycles. The molecule has 0 bridgehead atoms. The van der Waals surface area contributed by atoms with Gasteiger partial charge in [0.05, 0.1) is 29.1 Å². The van der Waals surface area contributed by atoms with E-state index in [0.717, 1.165) is 41.3 Å². The van der Waals surface area contributed by atoms with Crippen molar-refractivity contribution in [2.24, 2.45) is 13.0 Å². The number of aliphatic hydroxyl groups excluding tert-OH is 1. The number of carbonyl (C=O) groups is 1. The van der Waals surface area contributed by atoms with Crippen molar-refractivity contribution in [2.75, 3.05) is 23.1 Å². The Bertz CT molecular complexity index is 1370. The molecule has 5 N–H and O–H groups in total. The van der Waals surface area contributed by atoms with Gasteiger partial charge in [0.15, 0.2) is 0 Å². The molecule has 3 aromatic rings. The van der Waals surface area contributed by atoms with Gasteiger partial charge in [0.2, 0.25) is 0 Å². The van der Waals surface area contributed by atoms with E-state index in [-0.39, 0.29) is 11.4 Å². The zero-order valence-electron chi connectivity index (χ0n) is 26.8. The molecule has 1 amide bonds. The molecule has 2 atom stereocenters. The number of anilines is 1. The SMILES string of the molecule is CCc1cn(C)c2c(N3CCCS3(O)O)cc(C(=O)N[C@@H](Cc3ccccc3)[C@H](O)CNC(C)(C)CCCC(C)C)cc12. The zero-order valence-corrected chi connectivity index (χ0v) is 27.6. The molecule has 1 aliphatic heterocycles. The second kappa shape index (κ2) is 14.0. The van der Waals surface area contributed by atoms with E-state index in [4.69, 9.17) is 0 Å². The Labute approximate surface area is 259 Å². The minimum atomic E-state index is -2.96. The molecule has 238 valence electrons. The van der Waals surface area contributed by atoms with Gasteiger partial charge in [-0.05, 0) is 68.7 Å². The van der Waals surface area contributed by atoms with Crippen LogP contribution in [-0.2, 0) is 19.9 Å². The van der Waals surface area contributed by atoms with Crippen LogP contribution in [0.15, 0.2) is 48.7 Å². The molecule has 4 rings (SSSR count). The number of aliphatic hydroxyl groups is 1. The van der Waals surface area contributed by atoms with Crippen molar-refractivity contribution < 1.29 is 19.0 Å². The topological polar surface area (TPSA) is 110 Å². The van der Waals surface area contributed by atoms with Crippen LogP contribution in [0, 0.1) is 5.92 Å². The van der Waals surface area contributed by atoms with E-state index in [2.05, 4.69) is 45.3 Å². The molecule has 0 spiro atoms. The molecule has 0 unspecified atom stereocenters. The molecule has 2 aromatic carbocycles. The molecule has 9 heteroatoms. The lowest BCUT2D eigenvalue weighted by atomic mass is 9.93. The largest absolute Gasteiger partial charge is 0.390 e. The van der Waals surface area contributed by atoms with Gasteiger partial charge in [0, 0.05) is 42.8 Å². The van der Waals surface area contributed by atoms with Crippen LogP contribution in [-0.4, -0.2) is 61.2 Å². The van der Waals surface area contributed by atoms with Gasteiger partial charge in [-0.1, -0.05) is 63.9 Å². The first kappa shape index (κ1) is 33.3. The summed E-state index contributed by atoms with van der Waals surface area (Å²) in [4.78, 5) is 13.9. The summed E-state index contributed by atoms with van der Waals surface area (Å²) in [6.45, 7) is 11.7. The third-order valence-electron chi connectivity index (χ3n) is 8.63. The summed E-state index contributed by atoms with van der Waals surface area (Å²) in [5.74, 6) is 0.692. The highest BCUT2D eigenvalue weighted by molar-refractivity contribution is 8.25. The smallest absolute Gasteiger partial charge is 0.251 e. The lowest BCUT2D eigenvalue weighted by molar-refractivity contribution is 0.0812. The summed E-state index contributed by atoms with van der Waals surface area (Å²) in [6.07, 6.45) is 6.46. The molecular formula is C34H52N4O4S. The fourth-order valence-corrected chi connectivity index (χ4v) is 7.72. The summed E-state index contributed by atoms with van der Waals surface area (Å²) in [5.41, 5.74) is 3.97. The van der Waals surface area contributed by atoms with E-state index < -0.39 is 22.9 Å².